The molecule has 0 amide bonds. The third-order valence-corrected chi connectivity index (χ3v) is 10.9. The first-order chi connectivity index (χ1) is 27.6. The van der Waals surface area contributed by atoms with Crippen molar-refractivity contribution in [2.24, 2.45) is 0 Å². The summed E-state index contributed by atoms with van der Waals surface area (Å²) in [5, 5.41) is 0. The van der Waals surface area contributed by atoms with Crippen molar-refractivity contribution in [3.63, 3.8) is 0 Å². The molecule has 2 atom stereocenters. The fourth-order valence-electron chi connectivity index (χ4n) is 6.31. The molecule has 57 heavy (non-hydrogen) atoms. The Balaban J connectivity index is 4.23. The van der Waals surface area contributed by atoms with Gasteiger partial charge in [0, 0.05) is 13.0 Å². The van der Waals surface area contributed by atoms with E-state index in [1.807, 2.05) is 21.1 Å². The number of phosphoric ester groups is 1. The number of rotatable bonds is 43. The number of hydrogen-bond donors (Lipinski definition) is 1. The summed E-state index contributed by atoms with van der Waals surface area (Å²) in [4.78, 5) is 22.9. The van der Waals surface area contributed by atoms with Crippen molar-refractivity contribution in [2.45, 2.75) is 200 Å². The van der Waals surface area contributed by atoms with Gasteiger partial charge in [-0.3, -0.25) is 13.8 Å². The number of esters is 1. The Kier molecular flexibility index (Phi) is 40.1. The molecule has 1 N–H and O–H groups in total. The number of carbonyl (C=O) groups excluding carboxylic acids is 1. The number of ether oxygens (including phenoxy) is 2. The van der Waals surface area contributed by atoms with Gasteiger partial charge in [0.05, 0.1) is 34.4 Å². The summed E-state index contributed by atoms with van der Waals surface area (Å²) in [6, 6.07) is 0. The van der Waals surface area contributed by atoms with E-state index in [4.69, 9.17) is 18.5 Å². The highest BCUT2D eigenvalue weighted by Crippen LogP contribution is 2.43. The lowest BCUT2D eigenvalue weighted by Crippen LogP contribution is -2.37. The van der Waals surface area contributed by atoms with Crippen molar-refractivity contribution < 1.29 is 37.3 Å². The van der Waals surface area contributed by atoms with Crippen LogP contribution in [0.5, 0.6) is 0 Å². The third kappa shape index (κ3) is 45.4. The van der Waals surface area contributed by atoms with Gasteiger partial charge in [-0.1, -0.05) is 184 Å². The van der Waals surface area contributed by atoms with Crippen LogP contribution in [-0.2, 0) is 27.9 Å². The van der Waals surface area contributed by atoms with Crippen molar-refractivity contribution in [3.05, 3.63) is 48.6 Å². The van der Waals surface area contributed by atoms with Crippen LogP contribution in [0.25, 0.3) is 0 Å². The minimum absolute atomic E-state index is 0.0832. The molecule has 0 aliphatic carbocycles. The van der Waals surface area contributed by atoms with E-state index in [9.17, 15) is 14.3 Å². The minimum atomic E-state index is -4.28. The number of nitrogens with zero attached hydrogens (tertiary/aromatic N) is 1. The second-order valence-corrected chi connectivity index (χ2v) is 18.2. The highest BCUT2D eigenvalue weighted by molar-refractivity contribution is 7.47. The Labute approximate surface area is 352 Å². The van der Waals surface area contributed by atoms with Crippen LogP contribution in [0.1, 0.15) is 194 Å². The smallest absolute Gasteiger partial charge is 0.457 e. The fourth-order valence-corrected chi connectivity index (χ4v) is 7.05. The number of quaternary nitrogens is 1. The van der Waals surface area contributed by atoms with E-state index in [1.165, 1.54) is 103 Å². The molecule has 0 radical (unpaired) electrons. The van der Waals surface area contributed by atoms with Crippen LogP contribution in [-0.4, -0.2) is 75.6 Å². The Morgan fingerprint density at radius 3 is 1.53 bits per heavy atom. The molecular formula is C48H91NO7P+. The van der Waals surface area contributed by atoms with E-state index in [2.05, 4.69) is 62.5 Å². The van der Waals surface area contributed by atoms with Gasteiger partial charge < -0.3 is 18.9 Å². The van der Waals surface area contributed by atoms with Gasteiger partial charge in [-0.05, 0) is 51.4 Å². The van der Waals surface area contributed by atoms with Gasteiger partial charge in [-0.2, -0.15) is 0 Å². The van der Waals surface area contributed by atoms with E-state index in [-0.39, 0.29) is 25.8 Å². The number of carbonyl (C=O) groups is 1. The highest BCUT2D eigenvalue weighted by atomic mass is 31.2. The number of unbranched alkanes of at least 4 members (excludes halogenated alkanes) is 21. The average Bonchev–Trinajstić information content (AvgIpc) is 3.16. The molecule has 2 unspecified atom stereocenters. The fraction of sp³-hybridized carbons (Fsp3) is 0.812. The number of likely N-dealkylation sites (N-methyl/N-ethyl adjacent to an activating group) is 1. The average molecular weight is 825 g/mol. The summed E-state index contributed by atoms with van der Waals surface area (Å²) in [6.07, 6.45) is 50.0. The quantitative estimate of drug-likeness (QED) is 0.0215. The van der Waals surface area contributed by atoms with E-state index in [0.29, 0.717) is 24.1 Å². The first kappa shape index (κ1) is 55.5. The van der Waals surface area contributed by atoms with Crippen molar-refractivity contribution in [1.82, 2.24) is 0 Å². The van der Waals surface area contributed by atoms with E-state index >= 15 is 0 Å². The third-order valence-electron chi connectivity index (χ3n) is 9.90. The molecule has 0 fully saturated rings. The van der Waals surface area contributed by atoms with E-state index < -0.39 is 13.9 Å². The Bertz CT molecular complexity index is 1050. The first-order valence-electron chi connectivity index (χ1n) is 23.4. The van der Waals surface area contributed by atoms with Crippen molar-refractivity contribution in [2.75, 3.05) is 54.1 Å². The largest absolute Gasteiger partial charge is 0.472 e. The predicted octanol–water partition coefficient (Wildman–Crippen LogP) is 13.9. The monoisotopic (exact) mass is 825 g/mol. The van der Waals surface area contributed by atoms with Crippen LogP contribution in [0.2, 0.25) is 0 Å². The Morgan fingerprint density at radius 2 is 1.02 bits per heavy atom. The maximum Gasteiger partial charge on any atom is 0.472 e. The predicted molar refractivity (Wildman–Crippen MR) is 243 cm³/mol. The van der Waals surface area contributed by atoms with Crippen molar-refractivity contribution >= 4 is 13.8 Å². The van der Waals surface area contributed by atoms with Crippen LogP contribution in [0.4, 0.5) is 0 Å². The highest BCUT2D eigenvalue weighted by Gasteiger charge is 2.26. The zero-order valence-electron chi connectivity index (χ0n) is 37.8. The first-order valence-corrected chi connectivity index (χ1v) is 24.9. The second kappa shape index (κ2) is 41.2. The number of hydrogen-bond acceptors (Lipinski definition) is 6. The number of phosphoric acid groups is 1. The van der Waals surface area contributed by atoms with Gasteiger partial charge in [-0.15, -0.1) is 0 Å². The van der Waals surface area contributed by atoms with Crippen LogP contribution in [0, 0.1) is 0 Å². The van der Waals surface area contributed by atoms with Gasteiger partial charge in [0.25, 0.3) is 0 Å². The summed E-state index contributed by atoms with van der Waals surface area (Å²) in [7, 11) is 1.65. The summed E-state index contributed by atoms with van der Waals surface area (Å²) in [6.45, 7) is 5.50. The molecule has 0 spiro atoms. The van der Waals surface area contributed by atoms with Crippen molar-refractivity contribution in [3.8, 4) is 0 Å². The molecule has 0 bridgehead atoms. The maximum absolute atomic E-state index is 12.7. The lowest BCUT2D eigenvalue weighted by molar-refractivity contribution is -0.870. The molecular weight excluding hydrogens is 734 g/mol. The van der Waals surface area contributed by atoms with Crippen LogP contribution in [0.15, 0.2) is 48.6 Å². The maximum atomic E-state index is 12.7. The van der Waals surface area contributed by atoms with Gasteiger partial charge in [0.15, 0.2) is 0 Å². The molecule has 8 nitrogen and oxygen atoms in total. The Hall–Kier alpha value is -1.54. The zero-order chi connectivity index (χ0) is 42.0. The SMILES string of the molecule is CC/C=C\C/C=C\C/C=C\C/C=C\CCCCCCC(=O)OC(COCCCCCCCCCCCCCCCCCCCC)COP(=O)(O)OCC[N+](C)(C)C. The summed E-state index contributed by atoms with van der Waals surface area (Å²) in [5.74, 6) is -0.335. The van der Waals surface area contributed by atoms with Gasteiger partial charge in [0.1, 0.15) is 19.3 Å². The number of allylic oxidation sites excluding steroid dienone is 8. The summed E-state index contributed by atoms with van der Waals surface area (Å²) < 4.78 is 35.0. The van der Waals surface area contributed by atoms with Crippen LogP contribution < -0.4 is 0 Å². The lowest BCUT2D eigenvalue weighted by Gasteiger charge is -2.24. The zero-order valence-corrected chi connectivity index (χ0v) is 38.7. The normalized spacial score (nSPS) is 14.1. The van der Waals surface area contributed by atoms with Crippen molar-refractivity contribution in [1.29, 1.82) is 0 Å². The molecule has 0 aliphatic rings. The van der Waals surface area contributed by atoms with Gasteiger partial charge in [0.2, 0.25) is 0 Å². The molecule has 0 aromatic rings. The van der Waals surface area contributed by atoms with Crippen LogP contribution >= 0.6 is 7.82 Å². The topological polar surface area (TPSA) is 91.3 Å². The molecule has 0 saturated carbocycles. The summed E-state index contributed by atoms with van der Waals surface area (Å²) >= 11 is 0. The minimum Gasteiger partial charge on any atom is -0.457 e. The van der Waals surface area contributed by atoms with E-state index in [0.717, 1.165) is 70.6 Å². The van der Waals surface area contributed by atoms with E-state index in [1.54, 1.807) is 0 Å². The summed E-state index contributed by atoms with van der Waals surface area (Å²) in [5.41, 5.74) is 0. The van der Waals surface area contributed by atoms with Gasteiger partial charge >= 0.3 is 13.8 Å². The lowest BCUT2D eigenvalue weighted by atomic mass is 10.0. The molecule has 0 rings (SSSR count). The molecule has 0 saturated heterocycles. The molecule has 0 aromatic carbocycles. The van der Waals surface area contributed by atoms with Crippen LogP contribution in [0.3, 0.4) is 0 Å². The molecule has 334 valence electrons. The Morgan fingerprint density at radius 1 is 0.561 bits per heavy atom. The molecule has 0 aliphatic heterocycles. The second-order valence-electron chi connectivity index (χ2n) is 16.8. The molecule has 9 heteroatoms. The molecule has 0 heterocycles. The molecule has 0 aromatic heterocycles. The standard InChI is InChI=1S/C48H90NO7P/c1-6-8-10-12-14-16-18-20-22-24-26-28-30-32-34-36-38-40-43-53-45-47(46-55-57(51,52)54-44-42-49(3,4)5)56-48(50)41-39-37-35-33-31-29-27-25-23-21-19-17-15-13-11-9-7-2/h9,11,15,17,21,23,27,29,47H,6-8,10,12-14,16,18-20,22,24-26,28,30-46H2,1-5H3/p+1/b11-9-,17-15-,23-21-,29-27-. The van der Waals surface area contributed by atoms with Gasteiger partial charge in [-0.25, -0.2) is 4.57 Å².